The number of ether oxygens (including phenoxy) is 2. The normalized spacial score (nSPS) is 10.9. The summed E-state index contributed by atoms with van der Waals surface area (Å²) in [5.74, 6) is -0.677. The van der Waals surface area contributed by atoms with E-state index in [1.165, 1.54) is 13.2 Å². The van der Waals surface area contributed by atoms with Crippen molar-refractivity contribution in [2.45, 2.75) is 13.5 Å². The molecular weight excluding hydrogens is 428 g/mol. The van der Waals surface area contributed by atoms with Crippen LogP contribution < -0.4 is 0 Å². The smallest absolute Gasteiger partial charge is 0.418 e. The molecule has 1 aromatic carbocycles. The zero-order valence-electron chi connectivity index (χ0n) is 16.9. The van der Waals surface area contributed by atoms with E-state index < -0.39 is 23.8 Å². The molecule has 0 atom stereocenters. The van der Waals surface area contributed by atoms with Crippen LogP contribution in [0.5, 0.6) is 0 Å². The topological polar surface area (TPSA) is 115 Å². The average molecular weight is 449 g/mol. The van der Waals surface area contributed by atoms with Crippen molar-refractivity contribution in [1.29, 1.82) is 0 Å². The average Bonchev–Trinajstić information content (AvgIpc) is 2.77. The summed E-state index contributed by atoms with van der Waals surface area (Å²) in [6.45, 7) is 1.72. The van der Waals surface area contributed by atoms with E-state index in [0.717, 1.165) is 10.5 Å². The molecule has 0 radical (unpaired) electrons. The number of esters is 1. The molecule has 0 bridgehead atoms. The van der Waals surface area contributed by atoms with Crippen molar-refractivity contribution in [2.75, 3.05) is 20.4 Å². The number of nitro groups is 1. The van der Waals surface area contributed by atoms with Crippen molar-refractivity contribution >= 4 is 23.7 Å². The second-order valence-electron chi connectivity index (χ2n) is 6.16. The van der Waals surface area contributed by atoms with Crippen molar-refractivity contribution in [3.63, 3.8) is 0 Å². The first-order valence-electron chi connectivity index (χ1n) is 9.15. The number of pyridine rings is 1. The molecule has 164 valence electrons. The van der Waals surface area contributed by atoms with Gasteiger partial charge < -0.3 is 14.4 Å². The molecule has 31 heavy (non-hydrogen) atoms. The summed E-state index contributed by atoms with van der Waals surface area (Å²) in [5.41, 5.74) is 1.04. The van der Waals surface area contributed by atoms with Crippen LogP contribution in [0.25, 0.3) is 0 Å². The molecule has 0 aliphatic rings. The van der Waals surface area contributed by atoms with Gasteiger partial charge in [0.1, 0.15) is 5.15 Å². The fraction of sp³-hybridized carbons (Fsp3) is 0.250. The van der Waals surface area contributed by atoms with Crippen molar-refractivity contribution < 1.29 is 24.0 Å². The Bertz CT molecular complexity index is 936. The number of aromatic nitrogens is 1. The molecule has 0 saturated heterocycles. The Hall–Kier alpha value is -3.66. The molecule has 0 unspecified atom stereocenters. The quantitative estimate of drug-likeness (QED) is 0.188. The van der Waals surface area contributed by atoms with Gasteiger partial charge in [-0.2, -0.15) is 0 Å². The zero-order chi connectivity index (χ0) is 22.8. The Morgan fingerprint density at radius 2 is 1.90 bits per heavy atom. The summed E-state index contributed by atoms with van der Waals surface area (Å²) < 4.78 is 9.85. The van der Waals surface area contributed by atoms with Gasteiger partial charge in [-0.3, -0.25) is 15.0 Å². The third kappa shape index (κ3) is 7.27. The predicted molar refractivity (Wildman–Crippen MR) is 111 cm³/mol. The van der Waals surface area contributed by atoms with Crippen LogP contribution in [0.1, 0.15) is 22.8 Å². The highest BCUT2D eigenvalue weighted by molar-refractivity contribution is 6.29. The molecule has 0 saturated carbocycles. The molecule has 11 heteroatoms. The van der Waals surface area contributed by atoms with Crippen LogP contribution in [-0.2, 0) is 16.0 Å². The molecule has 0 fully saturated rings. The third-order valence-electron chi connectivity index (χ3n) is 4.09. The van der Waals surface area contributed by atoms with E-state index in [1.807, 2.05) is 0 Å². The van der Waals surface area contributed by atoms with E-state index in [-0.39, 0.29) is 12.4 Å². The first kappa shape index (κ1) is 23.6. The Morgan fingerprint density at radius 1 is 1.19 bits per heavy atom. The lowest BCUT2D eigenvalue weighted by Gasteiger charge is -2.29. The fourth-order valence-electron chi connectivity index (χ4n) is 2.53. The van der Waals surface area contributed by atoms with E-state index in [1.54, 1.807) is 54.3 Å². The maximum Gasteiger partial charge on any atom is 0.418 e. The number of hydrogen-bond donors (Lipinski definition) is 0. The van der Waals surface area contributed by atoms with Gasteiger partial charge in [0.15, 0.2) is 5.82 Å². The van der Waals surface area contributed by atoms with Crippen LogP contribution in [0, 0.1) is 10.1 Å². The molecule has 1 amide bonds. The fourth-order valence-corrected chi connectivity index (χ4v) is 2.64. The Kier molecular flexibility index (Phi) is 8.77. The molecule has 0 aliphatic heterocycles. The Morgan fingerprint density at radius 3 is 2.48 bits per heavy atom. The van der Waals surface area contributed by atoms with Crippen molar-refractivity contribution in [3.8, 4) is 0 Å². The summed E-state index contributed by atoms with van der Waals surface area (Å²) in [7, 11) is 1.32. The number of rotatable bonds is 9. The number of benzene rings is 1. The highest BCUT2D eigenvalue weighted by atomic mass is 35.5. The van der Waals surface area contributed by atoms with Gasteiger partial charge in [-0.05, 0) is 30.7 Å². The molecule has 0 aliphatic carbocycles. The third-order valence-corrected chi connectivity index (χ3v) is 4.31. The van der Waals surface area contributed by atoms with Gasteiger partial charge in [-0.25, -0.2) is 14.6 Å². The summed E-state index contributed by atoms with van der Waals surface area (Å²) in [6, 6.07) is 11.5. The minimum atomic E-state index is -0.929. The first-order valence-corrected chi connectivity index (χ1v) is 9.53. The van der Waals surface area contributed by atoms with Crippen LogP contribution in [-0.4, -0.2) is 52.2 Å². The highest BCUT2D eigenvalue weighted by Gasteiger charge is 2.24. The second kappa shape index (κ2) is 11.5. The molecule has 0 spiro atoms. The van der Waals surface area contributed by atoms with Crippen LogP contribution in [0.4, 0.5) is 4.79 Å². The maximum absolute atomic E-state index is 12.4. The summed E-state index contributed by atoms with van der Waals surface area (Å²) in [5, 5.41) is 11.5. The van der Waals surface area contributed by atoms with Crippen molar-refractivity contribution in [2.24, 2.45) is 0 Å². The number of halogens is 1. The van der Waals surface area contributed by atoms with Gasteiger partial charge in [0.05, 0.1) is 10.5 Å². The van der Waals surface area contributed by atoms with Crippen LogP contribution in [0.2, 0.25) is 5.15 Å². The van der Waals surface area contributed by atoms with Gasteiger partial charge in [-0.15, -0.1) is 0 Å². The molecule has 1 aromatic heterocycles. The van der Waals surface area contributed by atoms with Crippen molar-refractivity contribution in [1.82, 2.24) is 14.8 Å². The summed E-state index contributed by atoms with van der Waals surface area (Å²) >= 11 is 5.78. The number of nitrogens with zero attached hydrogens (tertiary/aromatic N) is 4. The highest BCUT2D eigenvalue weighted by Crippen LogP contribution is 2.16. The van der Waals surface area contributed by atoms with Gasteiger partial charge >= 0.3 is 12.1 Å². The van der Waals surface area contributed by atoms with Gasteiger partial charge in [0, 0.05) is 26.3 Å². The standard InChI is InChI=1S/C20H21ClN4O6/c1-3-24(12-15-9-10-17(21)22-11-15)18(13-25(28)29)23(2)20(27)31-14-30-19(26)16-7-5-4-6-8-16/h4-11,13H,3,12,14H2,1-2H3/b18-13+. The largest absolute Gasteiger partial charge is 0.424 e. The molecule has 2 aromatic rings. The SMILES string of the molecule is CCN(Cc1ccc(Cl)nc1)/C(=C/[N+](=O)[O-])N(C)C(=O)OCOC(=O)c1ccccc1. The Balaban J connectivity index is 2.04. The lowest BCUT2D eigenvalue weighted by Crippen LogP contribution is -2.38. The molecule has 2 rings (SSSR count). The lowest BCUT2D eigenvalue weighted by molar-refractivity contribution is -0.405. The first-order chi connectivity index (χ1) is 14.8. The second-order valence-corrected chi connectivity index (χ2v) is 6.55. The Labute approximate surface area is 183 Å². The summed E-state index contributed by atoms with van der Waals surface area (Å²) in [4.78, 5) is 41.3. The number of amides is 1. The molecule has 10 nitrogen and oxygen atoms in total. The minimum Gasteiger partial charge on any atom is -0.424 e. The predicted octanol–water partition coefficient (Wildman–Crippen LogP) is 3.52. The van der Waals surface area contributed by atoms with E-state index in [2.05, 4.69) is 4.98 Å². The van der Waals surface area contributed by atoms with Gasteiger partial charge in [-0.1, -0.05) is 35.9 Å². The minimum absolute atomic E-state index is 0.0122. The summed E-state index contributed by atoms with van der Waals surface area (Å²) in [6.07, 6.45) is 1.31. The molecular formula is C20H21ClN4O6. The number of hydrogen-bond acceptors (Lipinski definition) is 8. The molecule has 1 heterocycles. The van der Waals surface area contributed by atoms with E-state index >= 15 is 0 Å². The van der Waals surface area contributed by atoms with Crippen LogP contribution >= 0.6 is 11.6 Å². The monoisotopic (exact) mass is 448 g/mol. The lowest BCUT2D eigenvalue weighted by atomic mass is 10.2. The van der Waals surface area contributed by atoms with E-state index in [4.69, 9.17) is 21.1 Å². The van der Waals surface area contributed by atoms with E-state index in [0.29, 0.717) is 23.5 Å². The number of carbonyl (C=O) groups is 2. The van der Waals surface area contributed by atoms with E-state index in [9.17, 15) is 19.7 Å². The zero-order valence-corrected chi connectivity index (χ0v) is 17.7. The van der Waals surface area contributed by atoms with Gasteiger partial charge in [0.25, 0.3) is 6.20 Å². The maximum atomic E-state index is 12.4. The number of carbonyl (C=O) groups excluding carboxylic acids is 2. The van der Waals surface area contributed by atoms with Crippen LogP contribution in [0.15, 0.2) is 60.7 Å². The van der Waals surface area contributed by atoms with Gasteiger partial charge in [0.2, 0.25) is 6.79 Å². The van der Waals surface area contributed by atoms with Crippen LogP contribution in [0.3, 0.4) is 0 Å². The van der Waals surface area contributed by atoms with Crippen molar-refractivity contribution in [3.05, 3.63) is 87.1 Å². The molecule has 0 N–H and O–H groups in total.